The molecule has 0 aliphatic carbocycles. The highest BCUT2D eigenvalue weighted by molar-refractivity contribution is 7.99. The Kier molecular flexibility index (Phi) is 6.01. The van der Waals surface area contributed by atoms with Gasteiger partial charge in [0.1, 0.15) is 0 Å². The average Bonchev–Trinajstić information content (AvgIpc) is 3.20. The van der Waals surface area contributed by atoms with Crippen LogP contribution in [0.25, 0.3) is 22.2 Å². The number of hydrogen-bond donors (Lipinski definition) is 3. The fraction of sp³-hybridized carbons (Fsp3) is 0.0741. The van der Waals surface area contributed by atoms with Gasteiger partial charge in [-0.05, 0) is 42.0 Å². The molecule has 2 heterocycles. The van der Waals surface area contributed by atoms with Gasteiger partial charge in [-0.2, -0.15) is 0 Å². The first-order valence-electron chi connectivity index (χ1n) is 10.9. The van der Waals surface area contributed by atoms with Gasteiger partial charge in [-0.15, -0.1) is 0 Å². The van der Waals surface area contributed by atoms with Crippen LogP contribution in [0, 0.1) is 0 Å². The SMILES string of the molecule is CC(=O)Nc1ccc(Sc2cc(-c3c(Cc4ccccc4)[nH][nH]c3=O)nc3ccccc23)cc1. The van der Waals surface area contributed by atoms with Gasteiger partial charge in [0.2, 0.25) is 5.91 Å². The predicted octanol–water partition coefficient (Wildman–Crippen LogP) is 5.62. The van der Waals surface area contributed by atoms with E-state index in [1.807, 2.05) is 84.9 Å². The smallest absolute Gasteiger partial charge is 0.273 e. The van der Waals surface area contributed by atoms with E-state index < -0.39 is 0 Å². The number of nitrogens with zero attached hydrogens (tertiary/aromatic N) is 1. The molecule has 7 heteroatoms. The molecule has 0 bridgehead atoms. The first-order chi connectivity index (χ1) is 16.6. The van der Waals surface area contributed by atoms with Gasteiger partial charge >= 0.3 is 0 Å². The van der Waals surface area contributed by atoms with Crippen LogP contribution in [0.3, 0.4) is 0 Å². The first-order valence-corrected chi connectivity index (χ1v) is 11.7. The number of para-hydroxylation sites is 1. The van der Waals surface area contributed by atoms with Crippen LogP contribution < -0.4 is 10.9 Å². The number of benzene rings is 3. The summed E-state index contributed by atoms with van der Waals surface area (Å²) in [6.07, 6.45) is 0.594. The number of carbonyl (C=O) groups is 1. The normalized spacial score (nSPS) is 11.0. The van der Waals surface area contributed by atoms with E-state index in [-0.39, 0.29) is 11.5 Å². The van der Waals surface area contributed by atoms with Gasteiger partial charge in [0, 0.05) is 34.2 Å². The van der Waals surface area contributed by atoms with Gasteiger partial charge in [0.05, 0.1) is 22.5 Å². The molecule has 0 fully saturated rings. The summed E-state index contributed by atoms with van der Waals surface area (Å²) in [7, 11) is 0. The average molecular weight is 467 g/mol. The molecule has 3 aromatic carbocycles. The molecule has 0 spiro atoms. The topological polar surface area (TPSA) is 90.6 Å². The minimum absolute atomic E-state index is 0.104. The van der Waals surface area contributed by atoms with Crippen LogP contribution in [-0.4, -0.2) is 21.1 Å². The highest BCUT2D eigenvalue weighted by Crippen LogP contribution is 2.36. The van der Waals surface area contributed by atoms with Crippen LogP contribution in [-0.2, 0) is 11.2 Å². The van der Waals surface area contributed by atoms with Crippen LogP contribution in [0.5, 0.6) is 0 Å². The van der Waals surface area contributed by atoms with Crippen molar-refractivity contribution in [3.63, 3.8) is 0 Å². The Morgan fingerprint density at radius 3 is 2.44 bits per heavy atom. The summed E-state index contributed by atoms with van der Waals surface area (Å²) in [6, 6.07) is 27.6. The predicted molar refractivity (Wildman–Crippen MR) is 136 cm³/mol. The third-order valence-electron chi connectivity index (χ3n) is 5.42. The third kappa shape index (κ3) is 4.65. The number of fused-ring (bicyclic) bond motifs is 1. The molecule has 1 amide bonds. The van der Waals surface area contributed by atoms with Gasteiger partial charge in [-0.3, -0.25) is 14.7 Å². The highest BCUT2D eigenvalue weighted by Gasteiger charge is 2.17. The van der Waals surface area contributed by atoms with E-state index in [4.69, 9.17) is 4.98 Å². The molecule has 3 N–H and O–H groups in total. The van der Waals surface area contributed by atoms with Crippen molar-refractivity contribution >= 4 is 34.3 Å². The summed E-state index contributed by atoms with van der Waals surface area (Å²) in [5, 5.41) is 9.57. The molecular formula is C27H22N4O2S. The van der Waals surface area contributed by atoms with Crippen LogP contribution in [0.15, 0.2) is 99.5 Å². The lowest BCUT2D eigenvalue weighted by Gasteiger charge is -2.10. The van der Waals surface area contributed by atoms with Gasteiger partial charge in [-0.25, -0.2) is 4.98 Å². The maximum atomic E-state index is 12.8. The number of aromatic nitrogens is 3. The number of hydrogen-bond acceptors (Lipinski definition) is 4. The first kappa shape index (κ1) is 21.7. The molecule has 5 rings (SSSR count). The van der Waals surface area contributed by atoms with Crippen LogP contribution in [0.2, 0.25) is 0 Å². The van der Waals surface area contributed by atoms with Crippen molar-refractivity contribution in [1.82, 2.24) is 15.2 Å². The second kappa shape index (κ2) is 9.41. The van der Waals surface area contributed by atoms with Crippen LogP contribution >= 0.6 is 11.8 Å². The molecule has 0 saturated carbocycles. The number of nitrogens with one attached hydrogen (secondary N) is 3. The van der Waals surface area contributed by atoms with Crippen molar-refractivity contribution in [3.8, 4) is 11.3 Å². The van der Waals surface area contributed by atoms with E-state index in [0.717, 1.165) is 37.6 Å². The lowest BCUT2D eigenvalue weighted by molar-refractivity contribution is -0.114. The Bertz CT molecular complexity index is 1520. The van der Waals surface area contributed by atoms with Crippen molar-refractivity contribution in [2.24, 2.45) is 0 Å². The Morgan fingerprint density at radius 2 is 1.68 bits per heavy atom. The summed E-state index contributed by atoms with van der Waals surface area (Å²) >= 11 is 1.60. The Morgan fingerprint density at radius 1 is 0.941 bits per heavy atom. The van der Waals surface area contributed by atoms with Gasteiger partial charge in [-0.1, -0.05) is 60.3 Å². The minimum atomic E-state index is -0.190. The van der Waals surface area contributed by atoms with Crippen LogP contribution in [0.4, 0.5) is 5.69 Å². The highest BCUT2D eigenvalue weighted by atomic mass is 32.2. The van der Waals surface area contributed by atoms with Crippen molar-refractivity contribution in [2.75, 3.05) is 5.32 Å². The Balaban J connectivity index is 1.55. The van der Waals surface area contributed by atoms with Crippen molar-refractivity contribution in [1.29, 1.82) is 0 Å². The lowest BCUT2D eigenvalue weighted by atomic mass is 10.0. The molecule has 0 aliphatic rings. The monoisotopic (exact) mass is 466 g/mol. The van der Waals surface area contributed by atoms with E-state index in [1.165, 1.54) is 6.92 Å². The fourth-order valence-electron chi connectivity index (χ4n) is 3.89. The molecule has 0 atom stereocenters. The van der Waals surface area contributed by atoms with E-state index in [9.17, 15) is 9.59 Å². The van der Waals surface area contributed by atoms with Crippen molar-refractivity contribution in [2.45, 2.75) is 23.1 Å². The lowest BCUT2D eigenvalue weighted by Crippen LogP contribution is -2.05. The molecule has 0 saturated heterocycles. The number of anilines is 1. The number of pyridine rings is 1. The van der Waals surface area contributed by atoms with E-state index >= 15 is 0 Å². The maximum absolute atomic E-state index is 12.8. The summed E-state index contributed by atoms with van der Waals surface area (Å²) in [5.74, 6) is -0.104. The minimum Gasteiger partial charge on any atom is -0.326 e. The summed E-state index contributed by atoms with van der Waals surface area (Å²) < 4.78 is 0. The Labute approximate surface area is 200 Å². The number of H-pyrrole nitrogens is 2. The van der Waals surface area contributed by atoms with E-state index in [2.05, 4.69) is 15.5 Å². The van der Waals surface area contributed by atoms with E-state index in [1.54, 1.807) is 11.8 Å². The largest absolute Gasteiger partial charge is 0.326 e. The third-order valence-corrected chi connectivity index (χ3v) is 6.48. The summed E-state index contributed by atoms with van der Waals surface area (Å²) in [4.78, 5) is 30.9. The number of carbonyl (C=O) groups excluding carboxylic acids is 1. The molecule has 0 radical (unpaired) electrons. The molecule has 0 unspecified atom stereocenters. The standard InChI is InChI=1S/C27H22N4O2S/c1-17(32)28-19-11-13-20(14-12-19)34-25-16-23(29-22-10-6-5-9-21(22)25)26-24(30-31-27(26)33)15-18-7-3-2-4-8-18/h2-14,16H,15H2,1H3,(H,28,32)(H2,30,31,33). The molecular weight excluding hydrogens is 444 g/mol. The van der Waals surface area contributed by atoms with Crippen molar-refractivity contribution in [3.05, 3.63) is 107 Å². The zero-order valence-electron chi connectivity index (χ0n) is 18.5. The molecule has 2 aromatic heterocycles. The van der Waals surface area contributed by atoms with E-state index in [0.29, 0.717) is 17.7 Å². The zero-order valence-corrected chi connectivity index (χ0v) is 19.3. The molecule has 168 valence electrons. The second-order valence-corrected chi connectivity index (χ2v) is 9.04. The second-order valence-electron chi connectivity index (χ2n) is 7.93. The summed E-state index contributed by atoms with van der Waals surface area (Å²) in [5.41, 5.74) is 4.47. The molecule has 6 nitrogen and oxygen atoms in total. The number of aromatic amines is 2. The van der Waals surface area contributed by atoms with Gasteiger partial charge in [0.15, 0.2) is 0 Å². The number of amides is 1. The van der Waals surface area contributed by atoms with Gasteiger partial charge < -0.3 is 10.4 Å². The maximum Gasteiger partial charge on any atom is 0.273 e. The molecule has 0 aliphatic heterocycles. The Hall–Kier alpha value is -4.10. The fourth-order valence-corrected chi connectivity index (χ4v) is 4.87. The molecule has 5 aromatic rings. The molecule has 34 heavy (non-hydrogen) atoms. The van der Waals surface area contributed by atoms with Crippen LogP contribution in [0.1, 0.15) is 18.2 Å². The number of rotatable bonds is 6. The zero-order chi connectivity index (χ0) is 23.5. The quantitative estimate of drug-likeness (QED) is 0.303. The van der Waals surface area contributed by atoms with Gasteiger partial charge in [0.25, 0.3) is 5.56 Å². The summed E-state index contributed by atoms with van der Waals surface area (Å²) in [6.45, 7) is 1.49. The van der Waals surface area contributed by atoms with Crippen molar-refractivity contribution < 1.29 is 4.79 Å².